The van der Waals surface area contributed by atoms with Gasteiger partial charge >= 0.3 is 0 Å². The van der Waals surface area contributed by atoms with Gasteiger partial charge in [-0.05, 0) is 31.2 Å². The number of aryl methyl sites for hydroxylation is 1. The molecule has 6 heteroatoms. The lowest BCUT2D eigenvalue weighted by molar-refractivity contribution is 0.408. The van der Waals surface area contributed by atoms with Crippen molar-refractivity contribution < 1.29 is 9.84 Å². The Kier molecular flexibility index (Phi) is 4.08. The number of pyridine rings is 1. The van der Waals surface area contributed by atoms with E-state index in [1.165, 1.54) is 0 Å². The molecule has 4 rings (SSSR count). The number of hydrogen-bond acceptors (Lipinski definition) is 6. The lowest BCUT2D eigenvalue weighted by Gasteiger charge is -2.14. The Bertz CT molecular complexity index is 1160. The second-order valence-corrected chi connectivity index (χ2v) is 6.16. The molecule has 0 amide bonds. The van der Waals surface area contributed by atoms with Gasteiger partial charge in [-0.25, -0.2) is 15.0 Å². The first kappa shape index (κ1) is 16.8. The van der Waals surface area contributed by atoms with Crippen LogP contribution in [-0.4, -0.2) is 27.2 Å². The maximum atomic E-state index is 10.5. The summed E-state index contributed by atoms with van der Waals surface area (Å²) in [7, 11) is 1.55. The lowest BCUT2D eigenvalue weighted by Crippen LogP contribution is -2.03. The van der Waals surface area contributed by atoms with E-state index in [0.29, 0.717) is 22.7 Å². The molecule has 0 aliphatic heterocycles. The number of aromatic hydroxyl groups is 1. The van der Waals surface area contributed by atoms with Gasteiger partial charge in [0, 0.05) is 22.6 Å². The van der Waals surface area contributed by atoms with Gasteiger partial charge in [-0.15, -0.1) is 0 Å². The van der Waals surface area contributed by atoms with E-state index in [4.69, 9.17) is 15.5 Å². The van der Waals surface area contributed by atoms with Crippen molar-refractivity contribution in [3.05, 3.63) is 60.3 Å². The van der Waals surface area contributed by atoms with Gasteiger partial charge in [0.2, 0.25) is 5.95 Å². The van der Waals surface area contributed by atoms with E-state index in [1.807, 2.05) is 43.3 Å². The number of nitrogen functional groups attached to an aromatic ring is 1. The second kappa shape index (κ2) is 6.57. The molecule has 4 aromatic rings. The number of benzene rings is 2. The van der Waals surface area contributed by atoms with Crippen molar-refractivity contribution in [2.75, 3.05) is 12.8 Å². The van der Waals surface area contributed by atoms with E-state index < -0.39 is 0 Å². The molecule has 2 aromatic heterocycles. The quantitative estimate of drug-likeness (QED) is 0.576. The topological polar surface area (TPSA) is 94.2 Å². The van der Waals surface area contributed by atoms with Crippen molar-refractivity contribution in [3.63, 3.8) is 0 Å². The molecule has 27 heavy (non-hydrogen) atoms. The lowest BCUT2D eigenvalue weighted by atomic mass is 10.00. The predicted octanol–water partition coefficient (Wildman–Crippen LogP) is 3.96. The number of para-hydroxylation sites is 1. The Labute approximate surface area is 156 Å². The number of phenolic OH excluding ortho intramolecular Hbond substituents is 1. The number of rotatable bonds is 3. The van der Waals surface area contributed by atoms with Crippen LogP contribution < -0.4 is 10.5 Å². The summed E-state index contributed by atoms with van der Waals surface area (Å²) in [4.78, 5) is 13.5. The molecule has 0 fully saturated rings. The maximum Gasteiger partial charge on any atom is 0.220 e. The Morgan fingerprint density at radius 3 is 2.56 bits per heavy atom. The summed E-state index contributed by atoms with van der Waals surface area (Å²) in [6, 6.07) is 16.9. The van der Waals surface area contributed by atoms with E-state index in [0.717, 1.165) is 22.2 Å². The summed E-state index contributed by atoms with van der Waals surface area (Å²) < 4.78 is 5.17. The van der Waals surface area contributed by atoms with Crippen molar-refractivity contribution >= 4 is 16.9 Å². The van der Waals surface area contributed by atoms with Crippen LogP contribution >= 0.6 is 0 Å². The maximum absolute atomic E-state index is 10.5. The van der Waals surface area contributed by atoms with Gasteiger partial charge in [0.15, 0.2) is 0 Å². The number of hydrogen-bond donors (Lipinski definition) is 2. The van der Waals surface area contributed by atoms with Gasteiger partial charge in [0.25, 0.3) is 0 Å². The standard InChI is InChI=1S/C21H18N4O2/c1-12-19(17-10-7-13-5-3-4-6-16(13)24-17)20(25-21(22)23-12)15-9-8-14(27-2)11-18(15)26/h3-11,26H,1-2H3,(H2,22,23,25). The molecule has 0 bridgehead atoms. The first-order valence-corrected chi connectivity index (χ1v) is 8.44. The van der Waals surface area contributed by atoms with Crippen LogP contribution in [0.2, 0.25) is 0 Å². The number of ether oxygens (including phenoxy) is 1. The minimum Gasteiger partial charge on any atom is -0.507 e. The molecule has 6 nitrogen and oxygen atoms in total. The van der Waals surface area contributed by atoms with E-state index in [1.54, 1.807) is 25.3 Å². The molecule has 0 saturated heterocycles. The van der Waals surface area contributed by atoms with E-state index in [-0.39, 0.29) is 11.7 Å². The van der Waals surface area contributed by atoms with Crippen molar-refractivity contribution in [1.82, 2.24) is 15.0 Å². The van der Waals surface area contributed by atoms with E-state index in [9.17, 15) is 5.11 Å². The summed E-state index contributed by atoms with van der Waals surface area (Å²) in [5.74, 6) is 0.747. The normalized spacial score (nSPS) is 10.9. The van der Waals surface area contributed by atoms with Gasteiger partial charge in [-0.1, -0.05) is 24.3 Å². The number of aromatic nitrogens is 3. The third-order valence-electron chi connectivity index (χ3n) is 4.42. The molecule has 2 aromatic carbocycles. The number of methoxy groups -OCH3 is 1. The van der Waals surface area contributed by atoms with Crippen LogP contribution in [0.4, 0.5) is 5.95 Å². The van der Waals surface area contributed by atoms with Gasteiger partial charge in [0.1, 0.15) is 11.5 Å². The zero-order chi connectivity index (χ0) is 19.0. The molecule has 0 spiro atoms. The highest BCUT2D eigenvalue weighted by molar-refractivity contribution is 5.87. The molecular weight excluding hydrogens is 340 g/mol. The van der Waals surface area contributed by atoms with Crippen molar-refractivity contribution in [3.8, 4) is 34.0 Å². The summed E-state index contributed by atoms with van der Waals surface area (Å²) in [5, 5.41) is 11.5. The minimum atomic E-state index is 0.0499. The Hall–Kier alpha value is -3.67. The minimum absolute atomic E-state index is 0.0499. The van der Waals surface area contributed by atoms with Crippen LogP contribution in [0, 0.1) is 6.92 Å². The van der Waals surface area contributed by atoms with Gasteiger partial charge in [-0.3, -0.25) is 0 Å². The van der Waals surface area contributed by atoms with E-state index >= 15 is 0 Å². The second-order valence-electron chi connectivity index (χ2n) is 6.16. The number of nitrogens with zero attached hydrogens (tertiary/aromatic N) is 3. The van der Waals surface area contributed by atoms with E-state index in [2.05, 4.69) is 9.97 Å². The fourth-order valence-electron chi connectivity index (χ4n) is 3.14. The molecule has 2 heterocycles. The average Bonchev–Trinajstić information content (AvgIpc) is 2.67. The van der Waals surface area contributed by atoms with Crippen LogP contribution in [0.15, 0.2) is 54.6 Å². The van der Waals surface area contributed by atoms with Crippen LogP contribution in [0.25, 0.3) is 33.4 Å². The van der Waals surface area contributed by atoms with Gasteiger partial charge in [-0.2, -0.15) is 0 Å². The highest BCUT2D eigenvalue weighted by atomic mass is 16.5. The SMILES string of the molecule is COc1ccc(-c2nc(N)nc(C)c2-c2ccc3ccccc3n2)c(O)c1. The molecule has 0 aliphatic rings. The first-order chi connectivity index (χ1) is 13.1. The summed E-state index contributed by atoms with van der Waals surface area (Å²) in [6.45, 7) is 1.86. The fraction of sp³-hybridized carbons (Fsp3) is 0.0952. The number of fused-ring (bicyclic) bond motifs is 1. The highest BCUT2D eigenvalue weighted by Crippen LogP contribution is 2.38. The first-order valence-electron chi connectivity index (χ1n) is 8.44. The van der Waals surface area contributed by atoms with Crippen molar-refractivity contribution in [2.45, 2.75) is 6.92 Å². The third kappa shape index (κ3) is 3.01. The number of phenols is 1. The Morgan fingerprint density at radius 1 is 0.963 bits per heavy atom. The summed E-state index contributed by atoms with van der Waals surface area (Å²) >= 11 is 0. The fourth-order valence-corrected chi connectivity index (χ4v) is 3.14. The van der Waals surface area contributed by atoms with Crippen LogP contribution in [0.1, 0.15) is 5.69 Å². The predicted molar refractivity (Wildman–Crippen MR) is 106 cm³/mol. The highest BCUT2D eigenvalue weighted by Gasteiger charge is 2.19. The van der Waals surface area contributed by atoms with Gasteiger partial charge in [0.05, 0.1) is 29.7 Å². The summed E-state index contributed by atoms with van der Waals surface area (Å²) in [6.07, 6.45) is 0. The van der Waals surface area contributed by atoms with Gasteiger partial charge < -0.3 is 15.6 Å². The summed E-state index contributed by atoms with van der Waals surface area (Å²) in [5.41, 5.74) is 9.97. The molecule has 0 saturated carbocycles. The van der Waals surface area contributed by atoms with Crippen molar-refractivity contribution in [1.29, 1.82) is 0 Å². The monoisotopic (exact) mass is 358 g/mol. The molecule has 0 atom stereocenters. The van der Waals surface area contributed by atoms with Crippen molar-refractivity contribution in [2.24, 2.45) is 0 Å². The Morgan fingerprint density at radius 2 is 1.78 bits per heavy atom. The molecule has 134 valence electrons. The number of nitrogens with two attached hydrogens (primary N) is 1. The third-order valence-corrected chi connectivity index (χ3v) is 4.42. The van der Waals surface area contributed by atoms with Crippen LogP contribution in [0.5, 0.6) is 11.5 Å². The molecule has 0 unspecified atom stereocenters. The molecule has 0 radical (unpaired) electrons. The zero-order valence-corrected chi connectivity index (χ0v) is 15.0. The molecular formula is C21H18N4O2. The largest absolute Gasteiger partial charge is 0.507 e. The van der Waals surface area contributed by atoms with Crippen LogP contribution in [0.3, 0.4) is 0 Å². The van der Waals surface area contributed by atoms with Crippen LogP contribution in [-0.2, 0) is 0 Å². The average molecular weight is 358 g/mol. The smallest absolute Gasteiger partial charge is 0.220 e. The number of anilines is 1. The Balaban J connectivity index is 1.97. The molecule has 3 N–H and O–H groups in total. The zero-order valence-electron chi connectivity index (χ0n) is 15.0. The molecule has 0 aliphatic carbocycles.